The molecule has 0 aliphatic rings. The van der Waals surface area contributed by atoms with Crippen molar-refractivity contribution >= 4 is 11.6 Å². The van der Waals surface area contributed by atoms with Crippen LogP contribution >= 0.6 is 11.6 Å². The number of unbranched alkanes of at least 4 members (excludes halogenated alkanes) is 7. The van der Waals surface area contributed by atoms with Gasteiger partial charge in [-0.25, -0.2) is 9.97 Å². The van der Waals surface area contributed by atoms with Gasteiger partial charge in [0.05, 0.1) is 0 Å². The van der Waals surface area contributed by atoms with E-state index in [1.54, 1.807) is 0 Å². The van der Waals surface area contributed by atoms with Gasteiger partial charge in [0.25, 0.3) is 0 Å². The van der Waals surface area contributed by atoms with Gasteiger partial charge < -0.3 is 0 Å². The predicted octanol–water partition coefficient (Wildman–Crippen LogP) is 4.81. The van der Waals surface area contributed by atoms with E-state index >= 15 is 0 Å². The van der Waals surface area contributed by atoms with Gasteiger partial charge in [-0.3, -0.25) is 0 Å². The lowest BCUT2D eigenvalue weighted by molar-refractivity contribution is 0.575. The van der Waals surface area contributed by atoms with E-state index < -0.39 is 0 Å². The molecule has 1 aromatic heterocycles. The molecule has 0 atom stereocenters. The minimum atomic E-state index is 0.338. The molecule has 0 aliphatic heterocycles. The second-order valence-electron chi connectivity index (χ2n) is 4.59. The third kappa shape index (κ3) is 7.32. The Morgan fingerprint density at radius 3 is 2.00 bits per heavy atom. The van der Waals surface area contributed by atoms with Gasteiger partial charge in [0.2, 0.25) is 5.28 Å². The summed E-state index contributed by atoms with van der Waals surface area (Å²) in [6, 6.07) is 0. The van der Waals surface area contributed by atoms with Crippen molar-refractivity contribution in [2.24, 2.45) is 0 Å². The molecule has 17 heavy (non-hydrogen) atoms. The highest BCUT2D eigenvalue weighted by Gasteiger charge is 1.96. The molecule has 0 radical (unpaired) electrons. The zero-order valence-electron chi connectivity index (χ0n) is 10.8. The van der Waals surface area contributed by atoms with E-state index in [2.05, 4.69) is 16.9 Å². The van der Waals surface area contributed by atoms with Crippen LogP contribution in [0, 0.1) is 0 Å². The minimum Gasteiger partial charge on any atom is -0.226 e. The number of nitrogens with zero attached hydrogens (tertiary/aromatic N) is 2. The standard InChI is InChI=1S/C14H23ClN2/c1-2-3-4-5-6-7-8-9-10-13-11-16-14(15)17-12-13/h11-12H,2-10H2,1H3. The molecule has 2 nitrogen and oxygen atoms in total. The van der Waals surface area contributed by atoms with E-state index in [0.29, 0.717) is 5.28 Å². The van der Waals surface area contributed by atoms with E-state index in [-0.39, 0.29) is 0 Å². The Bertz CT molecular complexity index is 285. The molecule has 0 N–H and O–H groups in total. The van der Waals surface area contributed by atoms with Crippen LogP contribution in [0.25, 0.3) is 0 Å². The molecule has 0 amide bonds. The lowest BCUT2D eigenvalue weighted by Crippen LogP contribution is -1.90. The van der Waals surface area contributed by atoms with Crippen LogP contribution < -0.4 is 0 Å². The topological polar surface area (TPSA) is 25.8 Å². The third-order valence-corrected chi connectivity index (χ3v) is 3.19. The van der Waals surface area contributed by atoms with Gasteiger partial charge in [0.15, 0.2) is 0 Å². The van der Waals surface area contributed by atoms with E-state index in [0.717, 1.165) is 6.42 Å². The molecule has 0 fully saturated rings. The molecular formula is C14H23ClN2. The number of hydrogen-bond donors (Lipinski definition) is 0. The molecule has 0 unspecified atom stereocenters. The number of aromatic nitrogens is 2. The molecule has 1 aromatic rings. The lowest BCUT2D eigenvalue weighted by Gasteiger charge is -2.02. The lowest BCUT2D eigenvalue weighted by atomic mass is 10.1. The summed E-state index contributed by atoms with van der Waals surface area (Å²) >= 11 is 5.63. The molecule has 3 heteroatoms. The summed E-state index contributed by atoms with van der Waals surface area (Å²) < 4.78 is 0. The first kappa shape index (κ1) is 14.4. The number of hydrogen-bond acceptors (Lipinski definition) is 2. The van der Waals surface area contributed by atoms with Gasteiger partial charge >= 0.3 is 0 Å². The Hall–Kier alpha value is -0.630. The molecule has 0 saturated carbocycles. The molecule has 0 saturated heterocycles. The monoisotopic (exact) mass is 254 g/mol. The number of halogens is 1. The van der Waals surface area contributed by atoms with E-state index in [4.69, 9.17) is 11.6 Å². The van der Waals surface area contributed by atoms with Crippen LogP contribution in [0.1, 0.15) is 63.9 Å². The second-order valence-corrected chi connectivity index (χ2v) is 4.92. The van der Waals surface area contributed by atoms with Gasteiger partial charge in [0.1, 0.15) is 0 Å². The Morgan fingerprint density at radius 1 is 0.882 bits per heavy atom. The van der Waals surface area contributed by atoms with Crippen molar-refractivity contribution in [2.75, 3.05) is 0 Å². The van der Waals surface area contributed by atoms with Crippen molar-refractivity contribution in [1.29, 1.82) is 0 Å². The number of rotatable bonds is 9. The number of aryl methyl sites for hydroxylation is 1. The SMILES string of the molecule is CCCCCCCCCCc1cnc(Cl)nc1. The van der Waals surface area contributed by atoms with Gasteiger partial charge in [-0.2, -0.15) is 0 Å². The van der Waals surface area contributed by atoms with E-state index in [9.17, 15) is 0 Å². The molecule has 1 rings (SSSR count). The summed E-state index contributed by atoms with van der Waals surface area (Å²) in [5.41, 5.74) is 1.19. The zero-order chi connectivity index (χ0) is 12.3. The molecule has 0 bridgehead atoms. The molecule has 96 valence electrons. The van der Waals surface area contributed by atoms with Crippen LogP contribution in [0.3, 0.4) is 0 Å². The van der Waals surface area contributed by atoms with Crippen molar-refractivity contribution in [3.8, 4) is 0 Å². The average Bonchev–Trinajstić information content (AvgIpc) is 2.35. The normalized spacial score (nSPS) is 10.7. The maximum Gasteiger partial charge on any atom is 0.222 e. The minimum absolute atomic E-state index is 0.338. The fourth-order valence-corrected chi connectivity index (χ4v) is 2.03. The Labute approximate surface area is 110 Å². The van der Waals surface area contributed by atoms with Crippen LogP contribution in [-0.4, -0.2) is 9.97 Å². The Balaban J connectivity index is 1.95. The Morgan fingerprint density at radius 2 is 1.41 bits per heavy atom. The predicted molar refractivity (Wildman–Crippen MR) is 73.4 cm³/mol. The van der Waals surface area contributed by atoms with Crippen LogP contribution in [-0.2, 0) is 6.42 Å². The summed E-state index contributed by atoms with van der Waals surface area (Å²) in [5, 5.41) is 0.338. The average molecular weight is 255 g/mol. The summed E-state index contributed by atoms with van der Waals surface area (Å²) in [4.78, 5) is 7.96. The van der Waals surface area contributed by atoms with Crippen molar-refractivity contribution in [1.82, 2.24) is 9.97 Å². The van der Waals surface area contributed by atoms with Crippen molar-refractivity contribution < 1.29 is 0 Å². The Kier molecular flexibility index (Phi) is 7.98. The quantitative estimate of drug-likeness (QED) is 0.467. The van der Waals surface area contributed by atoms with Gasteiger partial charge in [-0.15, -0.1) is 0 Å². The molecule has 0 spiro atoms. The first-order valence-corrected chi connectivity index (χ1v) is 7.17. The summed E-state index contributed by atoms with van der Waals surface area (Å²) in [6.45, 7) is 2.26. The summed E-state index contributed by atoms with van der Waals surface area (Å²) in [5.74, 6) is 0. The highest BCUT2D eigenvalue weighted by molar-refractivity contribution is 6.28. The van der Waals surface area contributed by atoms with Crippen LogP contribution in [0.4, 0.5) is 0 Å². The highest BCUT2D eigenvalue weighted by atomic mass is 35.5. The van der Waals surface area contributed by atoms with Gasteiger partial charge in [0, 0.05) is 12.4 Å². The van der Waals surface area contributed by atoms with Gasteiger partial charge in [-0.1, -0.05) is 51.9 Å². The second kappa shape index (κ2) is 9.41. The van der Waals surface area contributed by atoms with Crippen LogP contribution in [0.15, 0.2) is 12.4 Å². The van der Waals surface area contributed by atoms with Crippen LogP contribution in [0.5, 0.6) is 0 Å². The molecule has 1 heterocycles. The maximum absolute atomic E-state index is 5.63. The maximum atomic E-state index is 5.63. The largest absolute Gasteiger partial charge is 0.226 e. The van der Waals surface area contributed by atoms with Crippen molar-refractivity contribution in [3.63, 3.8) is 0 Å². The van der Waals surface area contributed by atoms with Crippen LogP contribution in [0.2, 0.25) is 5.28 Å². The smallest absolute Gasteiger partial charge is 0.222 e. The molecule has 0 aliphatic carbocycles. The van der Waals surface area contributed by atoms with Crippen molar-refractivity contribution in [3.05, 3.63) is 23.2 Å². The highest BCUT2D eigenvalue weighted by Crippen LogP contribution is 2.11. The third-order valence-electron chi connectivity index (χ3n) is 2.99. The summed E-state index contributed by atoms with van der Waals surface area (Å²) in [7, 11) is 0. The first-order valence-electron chi connectivity index (χ1n) is 6.79. The first-order chi connectivity index (χ1) is 8.33. The molecular weight excluding hydrogens is 232 g/mol. The fraction of sp³-hybridized carbons (Fsp3) is 0.714. The van der Waals surface area contributed by atoms with Gasteiger partial charge in [-0.05, 0) is 30.0 Å². The van der Waals surface area contributed by atoms with E-state index in [1.807, 2.05) is 12.4 Å². The molecule has 0 aromatic carbocycles. The van der Waals surface area contributed by atoms with Crippen molar-refractivity contribution in [2.45, 2.75) is 64.7 Å². The fourth-order valence-electron chi connectivity index (χ4n) is 1.93. The summed E-state index contributed by atoms with van der Waals surface area (Å²) in [6.07, 6.45) is 15.6. The van der Waals surface area contributed by atoms with E-state index in [1.165, 1.54) is 56.9 Å². The zero-order valence-corrected chi connectivity index (χ0v) is 11.5.